The average Bonchev–Trinajstić information content (AvgIpc) is 2.21. The van der Waals surface area contributed by atoms with Crippen LogP contribution in [-0.4, -0.2) is 24.4 Å². The largest absolute Gasteiger partial charge is 0.400 e. The smallest absolute Gasteiger partial charge is 0.0608 e. The van der Waals surface area contributed by atoms with Crippen LogP contribution in [-0.2, 0) is 0 Å². The van der Waals surface area contributed by atoms with Crippen LogP contribution in [0.1, 0.15) is 0 Å². The first-order valence-electron chi connectivity index (χ1n) is 3.31. The molecule has 0 amide bonds. The van der Waals surface area contributed by atoms with Gasteiger partial charge in [-0.25, -0.2) is 0 Å². The molecule has 2 nitrogen and oxygen atoms in total. The van der Waals surface area contributed by atoms with Crippen molar-refractivity contribution in [1.29, 1.82) is 0 Å². The van der Waals surface area contributed by atoms with E-state index in [2.05, 4.69) is 0 Å². The maximum absolute atomic E-state index is 7.00. The monoisotopic (exact) mass is 278 g/mol. The number of aliphatic hydroxyl groups is 2. The molecule has 0 heterocycles. The maximum Gasteiger partial charge on any atom is 0.0608 e. The number of hydrogen-bond donors (Lipinski definition) is 2. The molecule has 0 atom stereocenters. The summed E-state index contributed by atoms with van der Waals surface area (Å²) in [6, 6.07) is 3.02. The van der Waals surface area contributed by atoms with Gasteiger partial charge in [0.25, 0.3) is 0 Å². The van der Waals surface area contributed by atoms with Gasteiger partial charge in [0.1, 0.15) is 0 Å². The molecule has 1 rings (SSSR count). The molecule has 2 N–H and O–H groups in total. The molecule has 0 aliphatic heterocycles. The van der Waals surface area contributed by atoms with Crippen molar-refractivity contribution >= 4 is 46.4 Å². The fraction of sp³-hybridized carbons (Fsp3) is 0.250. The first-order valence-corrected chi connectivity index (χ1v) is 4.82. The van der Waals surface area contributed by atoms with Crippen molar-refractivity contribution in [3.8, 4) is 0 Å². The molecule has 6 heteroatoms. The Bertz CT molecular complexity index is 216. The molecule has 1 aromatic rings. The van der Waals surface area contributed by atoms with Crippen LogP contribution in [0.25, 0.3) is 0 Å². The third-order valence-corrected chi connectivity index (χ3v) is 2.41. The van der Waals surface area contributed by atoms with Crippen molar-refractivity contribution in [3.63, 3.8) is 0 Å². The molecule has 1 aromatic carbocycles. The Labute approximate surface area is 103 Å². The van der Waals surface area contributed by atoms with Crippen LogP contribution in [0.2, 0.25) is 20.1 Å². The average molecular weight is 280 g/mol. The molecule has 0 saturated heterocycles. The molecule has 0 radical (unpaired) electrons. The lowest BCUT2D eigenvalue weighted by molar-refractivity contribution is 0.399. The summed E-state index contributed by atoms with van der Waals surface area (Å²) in [6.45, 7) is 0. The van der Waals surface area contributed by atoms with E-state index >= 15 is 0 Å². The van der Waals surface area contributed by atoms with Gasteiger partial charge in [-0.2, -0.15) is 0 Å². The molecule has 0 saturated carbocycles. The molecule has 0 aromatic heterocycles. The highest BCUT2D eigenvalue weighted by molar-refractivity contribution is 6.47. The lowest BCUT2D eigenvalue weighted by Gasteiger charge is -1.97. The second kappa shape index (κ2) is 9.84. The molecule has 0 aliphatic carbocycles. The quantitative estimate of drug-likeness (QED) is 0.714. The lowest BCUT2D eigenvalue weighted by atomic mass is 10.4. The van der Waals surface area contributed by atoms with E-state index in [9.17, 15) is 0 Å². The highest BCUT2D eigenvalue weighted by Gasteiger charge is 2.02. The SMILES string of the molecule is CO.CO.Clc1cc(Cl)c(Cl)cc1Cl. The maximum atomic E-state index is 7.00. The zero-order valence-electron chi connectivity index (χ0n) is 7.56. The van der Waals surface area contributed by atoms with Crippen LogP contribution in [0.4, 0.5) is 0 Å². The molecule has 0 bridgehead atoms. The van der Waals surface area contributed by atoms with Crippen molar-refractivity contribution < 1.29 is 10.2 Å². The lowest BCUT2D eigenvalue weighted by Crippen LogP contribution is -1.70. The van der Waals surface area contributed by atoms with Crippen LogP contribution in [0, 0.1) is 0 Å². The number of rotatable bonds is 0. The van der Waals surface area contributed by atoms with Gasteiger partial charge in [-0.05, 0) is 12.1 Å². The standard InChI is InChI=1S/C6H2Cl4.2CH4O/c7-3-1-4(8)6(10)2-5(3)9;2*1-2/h1-2H;2*2H,1H3. The molecular weight excluding hydrogens is 270 g/mol. The summed E-state index contributed by atoms with van der Waals surface area (Å²) in [5, 5.41) is 15.7. The Morgan fingerprint density at radius 3 is 0.929 bits per heavy atom. The number of hydrogen-bond acceptors (Lipinski definition) is 2. The molecule has 82 valence electrons. The van der Waals surface area contributed by atoms with Crippen molar-refractivity contribution in [2.24, 2.45) is 0 Å². The summed E-state index contributed by atoms with van der Waals surface area (Å²) in [5.74, 6) is 0. The van der Waals surface area contributed by atoms with Gasteiger partial charge in [-0.1, -0.05) is 46.4 Å². The van der Waals surface area contributed by atoms with Crippen LogP contribution < -0.4 is 0 Å². The van der Waals surface area contributed by atoms with Crippen molar-refractivity contribution in [1.82, 2.24) is 0 Å². The summed E-state index contributed by atoms with van der Waals surface area (Å²) >= 11 is 22.4. The Hall–Kier alpha value is 0.300. The van der Waals surface area contributed by atoms with Gasteiger partial charge in [0.2, 0.25) is 0 Å². The minimum absolute atomic E-state index is 0.413. The first kappa shape index (κ1) is 16.7. The number of benzene rings is 1. The van der Waals surface area contributed by atoms with Gasteiger partial charge in [0, 0.05) is 14.2 Å². The summed E-state index contributed by atoms with van der Waals surface area (Å²) < 4.78 is 0. The van der Waals surface area contributed by atoms with E-state index in [1.54, 1.807) is 0 Å². The van der Waals surface area contributed by atoms with E-state index < -0.39 is 0 Å². The van der Waals surface area contributed by atoms with E-state index in [1.807, 2.05) is 0 Å². The van der Waals surface area contributed by atoms with Gasteiger partial charge in [0.05, 0.1) is 20.1 Å². The second-order valence-electron chi connectivity index (χ2n) is 1.68. The highest BCUT2D eigenvalue weighted by atomic mass is 35.5. The summed E-state index contributed by atoms with van der Waals surface area (Å²) in [7, 11) is 2.00. The molecule has 0 spiro atoms. The summed E-state index contributed by atoms with van der Waals surface area (Å²) in [5.41, 5.74) is 0. The van der Waals surface area contributed by atoms with Crippen LogP contribution in [0.5, 0.6) is 0 Å². The minimum Gasteiger partial charge on any atom is -0.400 e. The molecule has 14 heavy (non-hydrogen) atoms. The molecule has 0 aliphatic rings. The Kier molecular flexibility index (Phi) is 11.8. The van der Waals surface area contributed by atoms with Crippen LogP contribution in [0.3, 0.4) is 0 Å². The van der Waals surface area contributed by atoms with Gasteiger partial charge in [0.15, 0.2) is 0 Å². The zero-order chi connectivity index (χ0) is 11.7. The molecule has 0 unspecified atom stereocenters. The van der Waals surface area contributed by atoms with E-state index in [1.165, 1.54) is 12.1 Å². The Morgan fingerprint density at radius 1 is 0.643 bits per heavy atom. The van der Waals surface area contributed by atoms with Gasteiger partial charge in [-0.3, -0.25) is 0 Å². The van der Waals surface area contributed by atoms with Gasteiger partial charge < -0.3 is 10.2 Å². The van der Waals surface area contributed by atoms with Gasteiger partial charge in [-0.15, -0.1) is 0 Å². The third-order valence-electron chi connectivity index (χ3n) is 0.963. The predicted octanol–water partition coefficient (Wildman–Crippen LogP) is 3.52. The molecule has 0 fully saturated rings. The van der Waals surface area contributed by atoms with E-state index in [0.29, 0.717) is 20.1 Å². The van der Waals surface area contributed by atoms with Crippen molar-refractivity contribution in [3.05, 3.63) is 32.2 Å². The number of aliphatic hydroxyl groups excluding tert-OH is 2. The number of halogens is 4. The highest BCUT2D eigenvalue weighted by Crippen LogP contribution is 2.31. The zero-order valence-corrected chi connectivity index (χ0v) is 10.6. The summed E-state index contributed by atoms with van der Waals surface area (Å²) in [4.78, 5) is 0. The van der Waals surface area contributed by atoms with E-state index in [4.69, 9.17) is 56.6 Å². The summed E-state index contributed by atoms with van der Waals surface area (Å²) in [6.07, 6.45) is 0. The van der Waals surface area contributed by atoms with Gasteiger partial charge >= 0.3 is 0 Å². The molecular formula is C8H10Cl4O2. The van der Waals surface area contributed by atoms with Crippen LogP contribution in [0.15, 0.2) is 12.1 Å². The van der Waals surface area contributed by atoms with Crippen molar-refractivity contribution in [2.45, 2.75) is 0 Å². The Morgan fingerprint density at radius 2 is 0.786 bits per heavy atom. The topological polar surface area (TPSA) is 40.5 Å². The predicted molar refractivity (Wildman–Crippen MR) is 62.8 cm³/mol. The van der Waals surface area contributed by atoms with E-state index in [-0.39, 0.29) is 0 Å². The normalized spacial score (nSPS) is 8.00. The van der Waals surface area contributed by atoms with Crippen molar-refractivity contribution in [2.75, 3.05) is 14.2 Å². The second-order valence-corrected chi connectivity index (χ2v) is 3.31. The fourth-order valence-corrected chi connectivity index (χ4v) is 1.26. The van der Waals surface area contributed by atoms with E-state index in [0.717, 1.165) is 14.2 Å². The third kappa shape index (κ3) is 5.91. The van der Waals surface area contributed by atoms with Crippen LogP contribution >= 0.6 is 46.4 Å². The first-order chi connectivity index (χ1) is 6.61. The fourth-order valence-electron chi connectivity index (χ4n) is 0.498. The Balaban J connectivity index is 0. The minimum atomic E-state index is 0.413.